The summed E-state index contributed by atoms with van der Waals surface area (Å²) in [4.78, 5) is 0. The Kier molecular flexibility index (Phi) is 8.66. The fourth-order valence-electron chi connectivity index (χ4n) is 0.987. The molecule has 0 fully saturated rings. The van der Waals surface area contributed by atoms with Crippen molar-refractivity contribution in [3.8, 4) is 0 Å². The van der Waals surface area contributed by atoms with E-state index >= 15 is 0 Å². The SMILES string of the molecule is CC.CC(=N)c1cc(Br)ccc1NPI. The molecule has 15 heavy (non-hydrogen) atoms. The molecule has 1 aromatic carbocycles. The van der Waals surface area contributed by atoms with Crippen LogP contribution in [-0.4, -0.2) is 5.71 Å². The molecule has 5 heteroatoms. The summed E-state index contributed by atoms with van der Waals surface area (Å²) in [6, 6.07) is 5.93. The standard InChI is InChI=1S/C8H9BrIN2P.C2H6/c1-5(11)7-4-6(9)2-3-8(7)12-13-10;1-2/h2-4,11-13H,1H3;1-2H3. The molecule has 1 unspecified atom stereocenters. The van der Waals surface area contributed by atoms with E-state index in [0.717, 1.165) is 15.7 Å². The van der Waals surface area contributed by atoms with E-state index in [-0.39, 0.29) is 0 Å². The van der Waals surface area contributed by atoms with Gasteiger partial charge in [0.2, 0.25) is 0 Å². The van der Waals surface area contributed by atoms with Crippen LogP contribution >= 0.6 is 44.3 Å². The van der Waals surface area contributed by atoms with Crippen LogP contribution in [0.5, 0.6) is 0 Å². The van der Waals surface area contributed by atoms with Gasteiger partial charge < -0.3 is 10.5 Å². The van der Waals surface area contributed by atoms with Gasteiger partial charge in [0.1, 0.15) is 0 Å². The Bertz CT molecular complexity index is 331. The molecule has 84 valence electrons. The van der Waals surface area contributed by atoms with Gasteiger partial charge in [0.05, 0.1) is 0 Å². The Hall–Kier alpha value is 0.330. The van der Waals surface area contributed by atoms with Gasteiger partial charge in [-0.1, -0.05) is 29.8 Å². The molecule has 0 spiro atoms. The molecule has 0 saturated carbocycles. The van der Waals surface area contributed by atoms with E-state index in [2.05, 4.69) is 43.1 Å². The van der Waals surface area contributed by atoms with Crippen LogP contribution in [0.3, 0.4) is 0 Å². The predicted molar refractivity (Wildman–Crippen MR) is 84.0 cm³/mol. The van der Waals surface area contributed by atoms with Crippen LogP contribution in [0.15, 0.2) is 22.7 Å². The minimum atomic E-state index is 0.582. The maximum atomic E-state index is 7.59. The zero-order valence-electron chi connectivity index (χ0n) is 8.99. The second kappa shape index (κ2) is 8.48. The van der Waals surface area contributed by atoms with Crippen LogP contribution in [0, 0.1) is 5.41 Å². The summed E-state index contributed by atoms with van der Waals surface area (Å²) < 4.78 is 1.01. The number of halogens is 2. The van der Waals surface area contributed by atoms with E-state index in [1.807, 2.05) is 32.0 Å². The summed E-state index contributed by atoms with van der Waals surface area (Å²) in [5.41, 5.74) is 2.57. The van der Waals surface area contributed by atoms with Crippen molar-refractivity contribution in [1.29, 1.82) is 5.41 Å². The summed E-state index contributed by atoms with van der Waals surface area (Å²) in [5, 5.41) is 10.8. The Morgan fingerprint density at radius 2 is 2.07 bits per heavy atom. The highest BCUT2D eigenvalue weighted by Crippen LogP contribution is 2.28. The fourth-order valence-corrected chi connectivity index (χ4v) is 2.54. The lowest BCUT2D eigenvalue weighted by Gasteiger charge is -2.08. The first kappa shape index (κ1) is 15.3. The van der Waals surface area contributed by atoms with Crippen molar-refractivity contribution < 1.29 is 0 Å². The molecular weight excluding hydrogens is 386 g/mol. The van der Waals surface area contributed by atoms with Crippen LogP contribution in [-0.2, 0) is 0 Å². The third kappa shape index (κ3) is 5.27. The molecule has 1 rings (SSSR count). The fraction of sp³-hybridized carbons (Fsp3) is 0.300. The first-order valence-electron chi connectivity index (χ1n) is 4.62. The van der Waals surface area contributed by atoms with Crippen molar-refractivity contribution in [2.24, 2.45) is 0 Å². The molecule has 2 nitrogen and oxygen atoms in total. The van der Waals surface area contributed by atoms with Gasteiger partial charge in [0.15, 0.2) is 0 Å². The zero-order valence-corrected chi connectivity index (χ0v) is 13.7. The number of hydrogen-bond donors (Lipinski definition) is 2. The first-order chi connectivity index (χ1) is 7.15. The summed E-state index contributed by atoms with van der Waals surface area (Å²) >= 11 is 5.67. The zero-order chi connectivity index (χ0) is 11.8. The quantitative estimate of drug-likeness (QED) is 0.407. The average Bonchev–Trinajstić information content (AvgIpc) is 2.24. The van der Waals surface area contributed by atoms with Crippen molar-refractivity contribution in [3.05, 3.63) is 28.2 Å². The smallest absolute Gasteiger partial charge is 0.0468 e. The van der Waals surface area contributed by atoms with Gasteiger partial charge in [0.25, 0.3) is 0 Å². The van der Waals surface area contributed by atoms with Gasteiger partial charge in [-0.05, 0) is 47.2 Å². The van der Waals surface area contributed by atoms with Crippen LogP contribution in [0.1, 0.15) is 26.3 Å². The second-order valence-electron chi connectivity index (χ2n) is 2.53. The topological polar surface area (TPSA) is 35.9 Å². The molecule has 0 aliphatic heterocycles. The average molecular weight is 401 g/mol. The monoisotopic (exact) mass is 400 g/mol. The van der Waals surface area contributed by atoms with Gasteiger partial charge in [-0.2, -0.15) is 0 Å². The third-order valence-corrected chi connectivity index (χ3v) is 3.23. The van der Waals surface area contributed by atoms with E-state index in [0.29, 0.717) is 12.1 Å². The summed E-state index contributed by atoms with van der Waals surface area (Å²) in [6.07, 6.45) is 0.629. The number of nitrogens with one attached hydrogen (secondary N) is 2. The normalized spacial score (nSPS) is 9.67. The molecule has 0 heterocycles. The minimum absolute atomic E-state index is 0.582. The van der Waals surface area contributed by atoms with Crippen LogP contribution in [0.2, 0.25) is 0 Å². The summed E-state index contributed by atoms with van der Waals surface area (Å²) in [6.45, 7) is 5.79. The molecule has 1 aromatic rings. The van der Waals surface area contributed by atoms with Crippen LogP contribution < -0.4 is 5.09 Å². The van der Waals surface area contributed by atoms with Crippen molar-refractivity contribution in [2.75, 3.05) is 5.09 Å². The van der Waals surface area contributed by atoms with E-state index in [4.69, 9.17) is 5.41 Å². The highest BCUT2D eigenvalue weighted by molar-refractivity contribution is 14.2. The van der Waals surface area contributed by atoms with E-state index in [9.17, 15) is 0 Å². The molecule has 2 N–H and O–H groups in total. The van der Waals surface area contributed by atoms with Crippen LogP contribution in [0.4, 0.5) is 5.69 Å². The largest absolute Gasteiger partial charge is 0.358 e. The molecule has 0 aliphatic rings. The van der Waals surface area contributed by atoms with Gasteiger partial charge >= 0.3 is 0 Å². The van der Waals surface area contributed by atoms with E-state index in [1.165, 1.54) is 0 Å². The second-order valence-corrected chi connectivity index (χ2v) is 5.51. The van der Waals surface area contributed by atoms with Crippen molar-refractivity contribution in [2.45, 2.75) is 20.8 Å². The first-order valence-corrected chi connectivity index (χ1v) is 9.52. The lowest BCUT2D eigenvalue weighted by Crippen LogP contribution is -1.97. The maximum absolute atomic E-state index is 7.59. The van der Waals surface area contributed by atoms with Crippen molar-refractivity contribution >= 4 is 55.7 Å². The Morgan fingerprint density at radius 3 is 2.53 bits per heavy atom. The maximum Gasteiger partial charge on any atom is 0.0468 e. The molecular formula is C10H15BrIN2P. The van der Waals surface area contributed by atoms with E-state index in [1.54, 1.807) is 6.92 Å². The molecule has 0 aliphatic carbocycles. The molecule has 0 radical (unpaired) electrons. The Morgan fingerprint density at radius 1 is 1.47 bits per heavy atom. The Balaban J connectivity index is 0.000000921. The third-order valence-electron chi connectivity index (χ3n) is 1.57. The van der Waals surface area contributed by atoms with Gasteiger partial charge in [-0.3, -0.25) is 0 Å². The Labute approximate surface area is 115 Å². The lowest BCUT2D eigenvalue weighted by molar-refractivity contribution is 1.45. The molecule has 0 bridgehead atoms. The molecule has 0 amide bonds. The van der Waals surface area contributed by atoms with Crippen molar-refractivity contribution in [1.82, 2.24) is 0 Å². The van der Waals surface area contributed by atoms with Crippen molar-refractivity contribution in [3.63, 3.8) is 0 Å². The highest BCUT2D eigenvalue weighted by Gasteiger charge is 2.03. The number of hydrogen-bond acceptors (Lipinski definition) is 2. The van der Waals surface area contributed by atoms with Gasteiger partial charge in [-0.25, -0.2) is 0 Å². The van der Waals surface area contributed by atoms with Gasteiger partial charge in [-0.15, -0.1) is 0 Å². The molecule has 0 saturated heterocycles. The summed E-state index contributed by atoms with van der Waals surface area (Å²) in [5.74, 6) is 0. The minimum Gasteiger partial charge on any atom is -0.358 e. The lowest BCUT2D eigenvalue weighted by atomic mass is 10.1. The number of benzene rings is 1. The summed E-state index contributed by atoms with van der Waals surface area (Å²) in [7, 11) is 0. The number of anilines is 1. The molecule has 0 aromatic heterocycles. The number of rotatable bonds is 3. The highest BCUT2D eigenvalue weighted by atomic mass is 127. The van der Waals surface area contributed by atoms with Gasteiger partial charge in [0, 0.05) is 27.8 Å². The predicted octanol–water partition coefficient (Wildman–Crippen LogP) is 5.22. The van der Waals surface area contributed by atoms with E-state index < -0.39 is 0 Å². The molecule has 1 atom stereocenters. The van der Waals surface area contributed by atoms with Crippen LogP contribution in [0.25, 0.3) is 0 Å².